The van der Waals surface area contributed by atoms with Gasteiger partial charge < -0.3 is 25.2 Å². The molecule has 1 heterocycles. The van der Waals surface area contributed by atoms with Crippen molar-refractivity contribution in [3.05, 3.63) is 59.7 Å². The number of likely N-dealkylation sites (tertiary alicyclic amines) is 1. The third kappa shape index (κ3) is 5.15. The Morgan fingerprint density at radius 1 is 1.06 bits per heavy atom. The molecule has 1 aliphatic carbocycles. The summed E-state index contributed by atoms with van der Waals surface area (Å²) in [7, 11) is 0. The highest BCUT2D eigenvalue weighted by Crippen LogP contribution is 2.44. The monoisotopic (exact) mass is 470 g/mol. The number of hydrogen-bond donors (Lipinski definition) is 3. The standard InChI is InChI=1S/C24H26N2O6S/c27-15-11-21(23(29)30)26(12-15)22(28)14-33-10-9-25-24(31)32-13-20-18-7-3-1-5-16(18)17-6-2-4-8-19(17)20/h1-8,15,20-21,27H,9-14H2,(H,25,31)(H,29,30)/t15-,21-/m1/s1. The Balaban J connectivity index is 1.19. The van der Waals surface area contributed by atoms with E-state index in [1.807, 2.05) is 24.3 Å². The zero-order valence-electron chi connectivity index (χ0n) is 18.0. The Morgan fingerprint density at radius 2 is 1.70 bits per heavy atom. The van der Waals surface area contributed by atoms with Crippen molar-refractivity contribution >= 4 is 29.7 Å². The first-order valence-corrected chi connectivity index (χ1v) is 12.0. The molecule has 0 radical (unpaired) electrons. The van der Waals surface area contributed by atoms with Gasteiger partial charge in [0.15, 0.2) is 0 Å². The van der Waals surface area contributed by atoms with E-state index in [1.165, 1.54) is 27.8 Å². The van der Waals surface area contributed by atoms with E-state index in [9.17, 15) is 24.6 Å². The zero-order chi connectivity index (χ0) is 23.4. The van der Waals surface area contributed by atoms with Gasteiger partial charge in [0.2, 0.25) is 5.91 Å². The van der Waals surface area contributed by atoms with Crippen LogP contribution in [0.25, 0.3) is 11.1 Å². The van der Waals surface area contributed by atoms with E-state index in [4.69, 9.17) is 4.74 Å². The van der Waals surface area contributed by atoms with Crippen LogP contribution in [0.3, 0.4) is 0 Å². The number of β-amino-alcohol motifs (C(OH)–C–C–N with tert-alkyl or cyclic N) is 1. The molecule has 8 nitrogen and oxygen atoms in total. The highest BCUT2D eigenvalue weighted by atomic mass is 32.2. The highest BCUT2D eigenvalue weighted by Gasteiger charge is 2.38. The van der Waals surface area contributed by atoms with Gasteiger partial charge in [-0.1, -0.05) is 48.5 Å². The van der Waals surface area contributed by atoms with E-state index >= 15 is 0 Å². The van der Waals surface area contributed by atoms with Crippen molar-refractivity contribution in [2.45, 2.75) is 24.5 Å². The molecule has 0 saturated carbocycles. The number of aliphatic hydroxyl groups is 1. The minimum absolute atomic E-state index is 0.00635. The molecule has 1 saturated heterocycles. The summed E-state index contributed by atoms with van der Waals surface area (Å²) in [6.45, 7) is 0.591. The molecule has 0 bridgehead atoms. The molecule has 174 valence electrons. The number of alkyl carbamates (subject to hydrolysis) is 1. The van der Waals surface area contributed by atoms with Crippen LogP contribution >= 0.6 is 11.8 Å². The third-order valence-corrected chi connectivity index (χ3v) is 6.91. The predicted octanol–water partition coefficient (Wildman–Crippen LogP) is 2.30. The molecule has 33 heavy (non-hydrogen) atoms. The number of nitrogens with one attached hydrogen (secondary N) is 1. The van der Waals surface area contributed by atoms with Crippen molar-refractivity contribution in [3.8, 4) is 11.1 Å². The Hall–Kier alpha value is -3.04. The zero-order valence-corrected chi connectivity index (χ0v) is 18.8. The number of fused-ring (bicyclic) bond motifs is 3. The van der Waals surface area contributed by atoms with E-state index in [-0.39, 0.29) is 37.2 Å². The topological polar surface area (TPSA) is 116 Å². The summed E-state index contributed by atoms with van der Waals surface area (Å²) < 4.78 is 5.47. The Morgan fingerprint density at radius 3 is 2.33 bits per heavy atom. The molecule has 1 fully saturated rings. The number of carboxylic acids is 1. The van der Waals surface area contributed by atoms with Crippen LogP contribution in [0.4, 0.5) is 4.79 Å². The van der Waals surface area contributed by atoms with Crippen molar-refractivity contribution < 1.29 is 29.3 Å². The molecule has 9 heteroatoms. The summed E-state index contributed by atoms with van der Waals surface area (Å²) in [5.41, 5.74) is 4.62. The van der Waals surface area contributed by atoms with Crippen molar-refractivity contribution in [2.75, 3.05) is 31.2 Å². The van der Waals surface area contributed by atoms with Crippen LogP contribution in [-0.4, -0.2) is 76.4 Å². The Labute approximate surface area is 195 Å². The molecule has 2 amide bonds. The number of carbonyl (C=O) groups excluding carboxylic acids is 2. The molecule has 4 rings (SSSR count). The van der Waals surface area contributed by atoms with Crippen molar-refractivity contribution in [2.24, 2.45) is 0 Å². The number of hydrogen-bond acceptors (Lipinski definition) is 6. The second-order valence-electron chi connectivity index (χ2n) is 8.09. The lowest BCUT2D eigenvalue weighted by Crippen LogP contribution is -2.41. The van der Waals surface area contributed by atoms with Gasteiger partial charge in [0.25, 0.3) is 0 Å². The second kappa shape index (κ2) is 10.3. The first kappa shape index (κ1) is 23.1. The number of aliphatic carboxylic acids is 1. The van der Waals surface area contributed by atoms with Crippen LogP contribution < -0.4 is 5.32 Å². The molecule has 0 spiro atoms. The molecular weight excluding hydrogens is 444 g/mol. The van der Waals surface area contributed by atoms with Crippen molar-refractivity contribution in [1.29, 1.82) is 0 Å². The average molecular weight is 471 g/mol. The third-order valence-electron chi connectivity index (χ3n) is 5.97. The number of carbonyl (C=O) groups is 3. The summed E-state index contributed by atoms with van der Waals surface area (Å²) >= 11 is 1.29. The van der Waals surface area contributed by atoms with Gasteiger partial charge in [-0.2, -0.15) is 11.8 Å². The Kier molecular flexibility index (Phi) is 7.20. The molecule has 2 aromatic rings. The maximum Gasteiger partial charge on any atom is 0.407 e. The summed E-state index contributed by atoms with van der Waals surface area (Å²) in [6.07, 6.45) is -1.28. The SMILES string of the molecule is O=C(NCCSCC(=O)N1C[C@H](O)C[C@@H]1C(=O)O)OCC1c2ccccc2-c2ccccc21. The maximum absolute atomic E-state index is 12.3. The van der Waals surface area contributed by atoms with Crippen LogP contribution in [0, 0.1) is 0 Å². The quantitative estimate of drug-likeness (QED) is 0.507. The minimum atomic E-state index is -1.11. The van der Waals surface area contributed by atoms with E-state index in [2.05, 4.69) is 29.6 Å². The number of thioether (sulfide) groups is 1. The molecule has 2 aromatic carbocycles. The fourth-order valence-corrected chi connectivity index (χ4v) is 5.17. The minimum Gasteiger partial charge on any atom is -0.480 e. The Bertz CT molecular complexity index is 1000. The van der Waals surface area contributed by atoms with Crippen LogP contribution in [0.5, 0.6) is 0 Å². The average Bonchev–Trinajstić information content (AvgIpc) is 3.36. The molecule has 0 aromatic heterocycles. The highest BCUT2D eigenvalue weighted by molar-refractivity contribution is 7.99. The fourth-order valence-electron chi connectivity index (χ4n) is 4.44. The second-order valence-corrected chi connectivity index (χ2v) is 9.20. The number of ether oxygens (including phenoxy) is 1. The first-order chi connectivity index (χ1) is 16.0. The van der Waals surface area contributed by atoms with Crippen LogP contribution in [0.15, 0.2) is 48.5 Å². The van der Waals surface area contributed by atoms with Gasteiger partial charge in [-0.05, 0) is 22.3 Å². The van der Waals surface area contributed by atoms with Gasteiger partial charge in [0.1, 0.15) is 12.6 Å². The van der Waals surface area contributed by atoms with E-state index in [1.54, 1.807) is 0 Å². The molecular formula is C24H26N2O6S. The van der Waals surface area contributed by atoms with Crippen LogP contribution in [-0.2, 0) is 14.3 Å². The van der Waals surface area contributed by atoms with E-state index < -0.39 is 24.2 Å². The van der Waals surface area contributed by atoms with Gasteiger partial charge in [0, 0.05) is 31.2 Å². The van der Waals surface area contributed by atoms with Gasteiger partial charge in [-0.25, -0.2) is 9.59 Å². The van der Waals surface area contributed by atoms with E-state index in [0.29, 0.717) is 12.3 Å². The van der Waals surface area contributed by atoms with Crippen molar-refractivity contribution in [3.63, 3.8) is 0 Å². The fraction of sp³-hybridized carbons (Fsp3) is 0.375. The number of aliphatic hydroxyl groups excluding tert-OH is 1. The number of benzene rings is 2. The number of carboxylic acid groups (broad SMARTS) is 1. The lowest BCUT2D eigenvalue weighted by molar-refractivity contribution is -0.147. The van der Waals surface area contributed by atoms with Gasteiger partial charge in [-0.3, -0.25) is 4.79 Å². The number of nitrogens with zero attached hydrogens (tertiary/aromatic N) is 1. The first-order valence-electron chi connectivity index (χ1n) is 10.8. The van der Waals surface area contributed by atoms with Crippen LogP contribution in [0.1, 0.15) is 23.5 Å². The predicted molar refractivity (Wildman–Crippen MR) is 124 cm³/mol. The number of amides is 2. The largest absolute Gasteiger partial charge is 0.480 e. The smallest absolute Gasteiger partial charge is 0.407 e. The molecule has 2 aliphatic rings. The lowest BCUT2D eigenvalue weighted by Gasteiger charge is -2.20. The normalized spacial score (nSPS) is 19.1. The van der Waals surface area contributed by atoms with Gasteiger partial charge in [0.05, 0.1) is 11.9 Å². The van der Waals surface area contributed by atoms with Crippen LogP contribution in [0.2, 0.25) is 0 Å². The molecule has 3 N–H and O–H groups in total. The summed E-state index contributed by atoms with van der Waals surface area (Å²) in [5, 5.41) is 21.5. The van der Waals surface area contributed by atoms with Gasteiger partial charge >= 0.3 is 12.1 Å². The molecule has 1 aliphatic heterocycles. The maximum atomic E-state index is 12.3. The molecule has 0 unspecified atom stereocenters. The lowest BCUT2D eigenvalue weighted by atomic mass is 9.98. The molecule has 2 atom stereocenters. The summed E-state index contributed by atoms with van der Waals surface area (Å²) in [4.78, 5) is 36.9. The number of rotatable bonds is 8. The van der Waals surface area contributed by atoms with Crippen molar-refractivity contribution in [1.82, 2.24) is 10.2 Å². The van der Waals surface area contributed by atoms with Gasteiger partial charge in [-0.15, -0.1) is 0 Å². The summed E-state index contributed by atoms with van der Waals surface area (Å²) in [5.74, 6) is -0.882. The summed E-state index contributed by atoms with van der Waals surface area (Å²) in [6, 6.07) is 15.3. The van der Waals surface area contributed by atoms with E-state index in [0.717, 1.165) is 11.1 Å².